The topological polar surface area (TPSA) is 66.0 Å². The van der Waals surface area contributed by atoms with Gasteiger partial charge in [0.1, 0.15) is 11.4 Å². The maximum atomic E-state index is 5.81. The van der Waals surface area contributed by atoms with E-state index in [0.717, 1.165) is 10.9 Å². The van der Waals surface area contributed by atoms with Crippen molar-refractivity contribution in [3.8, 4) is 11.6 Å². The Kier molecular flexibility index (Phi) is 2.37. The second-order valence-corrected chi connectivity index (χ2v) is 3.99. The lowest BCUT2D eigenvalue weighted by Gasteiger charge is -2.06. The number of hydrogen-bond donors (Lipinski definition) is 1. The van der Waals surface area contributed by atoms with Crippen molar-refractivity contribution in [2.24, 2.45) is 7.05 Å². The molecule has 0 saturated carbocycles. The van der Waals surface area contributed by atoms with Crippen molar-refractivity contribution in [3.05, 3.63) is 42.7 Å². The van der Waals surface area contributed by atoms with Crippen molar-refractivity contribution < 1.29 is 4.74 Å². The van der Waals surface area contributed by atoms with E-state index in [9.17, 15) is 0 Å². The van der Waals surface area contributed by atoms with Gasteiger partial charge in [0.05, 0.1) is 11.7 Å². The predicted molar refractivity (Wildman–Crippen MR) is 69.4 cm³/mol. The highest BCUT2D eigenvalue weighted by Gasteiger charge is 2.09. The molecular formula is C13H12N4O. The van der Waals surface area contributed by atoms with Crippen LogP contribution in [0.15, 0.2) is 42.7 Å². The number of ether oxygens (including phenoxy) is 1. The van der Waals surface area contributed by atoms with Crippen LogP contribution in [0.4, 0.5) is 5.69 Å². The molecule has 0 bridgehead atoms. The molecule has 2 aromatic heterocycles. The first-order valence-corrected chi connectivity index (χ1v) is 5.55. The summed E-state index contributed by atoms with van der Waals surface area (Å²) in [4.78, 5) is 4.27. The van der Waals surface area contributed by atoms with E-state index in [1.807, 2.05) is 30.3 Å². The maximum absolute atomic E-state index is 5.81. The van der Waals surface area contributed by atoms with Gasteiger partial charge < -0.3 is 10.5 Å². The molecule has 0 radical (unpaired) electrons. The summed E-state index contributed by atoms with van der Waals surface area (Å²) >= 11 is 0. The Morgan fingerprint density at radius 3 is 2.89 bits per heavy atom. The summed E-state index contributed by atoms with van der Waals surface area (Å²) in [5.41, 5.74) is 7.20. The van der Waals surface area contributed by atoms with Gasteiger partial charge in [0.2, 0.25) is 0 Å². The summed E-state index contributed by atoms with van der Waals surface area (Å²) < 4.78 is 7.37. The average molecular weight is 240 g/mol. The molecule has 0 unspecified atom stereocenters. The first-order valence-electron chi connectivity index (χ1n) is 5.55. The van der Waals surface area contributed by atoms with Gasteiger partial charge in [0, 0.05) is 18.6 Å². The number of nitrogens with two attached hydrogens (primary N) is 1. The molecule has 90 valence electrons. The molecule has 0 aliphatic heterocycles. The van der Waals surface area contributed by atoms with E-state index < -0.39 is 0 Å². The smallest absolute Gasteiger partial charge is 0.261 e. The Balaban J connectivity index is 2.07. The van der Waals surface area contributed by atoms with E-state index in [4.69, 9.17) is 10.5 Å². The highest BCUT2D eigenvalue weighted by Crippen LogP contribution is 2.30. The van der Waals surface area contributed by atoms with E-state index in [1.165, 1.54) is 0 Å². The number of anilines is 1. The van der Waals surface area contributed by atoms with E-state index in [0.29, 0.717) is 17.3 Å². The number of benzene rings is 1. The Hall–Kier alpha value is -2.56. The molecule has 2 N–H and O–H groups in total. The number of fused-ring (bicyclic) bond motifs is 1. The van der Waals surface area contributed by atoms with Gasteiger partial charge in [-0.1, -0.05) is 6.07 Å². The molecule has 1 aromatic carbocycles. The van der Waals surface area contributed by atoms with Crippen molar-refractivity contribution in [3.63, 3.8) is 0 Å². The fraction of sp³-hybridized carbons (Fsp3) is 0.0769. The van der Waals surface area contributed by atoms with Crippen LogP contribution in [-0.2, 0) is 7.05 Å². The lowest BCUT2D eigenvalue weighted by atomic mass is 10.2. The zero-order valence-corrected chi connectivity index (χ0v) is 9.87. The second kappa shape index (κ2) is 4.03. The monoisotopic (exact) mass is 240 g/mol. The molecule has 0 aliphatic carbocycles. The molecule has 0 spiro atoms. The van der Waals surface area contributed by atoms with Crippen molar-refractivity contribution in [1.82, 2.24) is 14.8 Å². The van der Waals surface area contributed by atoms with Crippen LogP contribution in [0.1, 0.15) is 0 Å². The van der Waals surface area contributed by atoms with Gasteiger partial charge in [-0.05, 0) is 24.3 Å². The van der Waals surface area contributed by atoms with Crippen molar-refractivity contribution in [2.75, 3.05) is 5.73 Å². The summed E-state index contributed by atoms with van der Waals surface area (Å²) in [5, 5.41) is 5.10. The second-order valence-electron chi connectivity index (χ2n) is 3.99. The summed E-state index contributed by atoms with van der Waals surface area (Å²) in [5.74, 6) is 1.11. The number of aromatic nitrogens is 3. The normalized spacial score (nSPS) is 10.7. The van der Waals surface area contributed by atoms with Gasteiger partial charge >= 0.3 is 0 Å². The van der Waals surface area contributed by atoms with E-state index in [1.54, 1.807) is 24.1 Å². The Morgan fingerprint density at radius 2 is 2.11 bits per heavy atom. The minimum Gasteiger partial charge on any atom is -0.435 e. The van der Waals surface area contributed by atoms with Gasteiger partial charge in [-0.25, -0.2) is 0 Å². The molecule has 3 aromatic rings. The lowest BCUT2D eigenvalue weighted by Crippen LogP contribution is -1.92. The Labute approximate surface area is 104 Å². The van der Waals surface area contributed by atoms with Crippen LogP contribution < -0.4 is 10.5 Å². The highest BCUT2D eigenvalue weighted by atomic mass is 16.5. The van der Waals surface area contributed by atoms with E-state index in [2.05, 4.69) is 10.1 Å². The van der Waals surface area contributed by atoms with Gasteiger partial charge in [-0.3, -0.25) is 9.67 Å². The number of pyridine rings is 1. The number of rotatable bonds is 2. The predicted octanol–water partition coefficient (Wildman–Crippen LogP) is 2.34. The fourth-order valence-corrected chi connectivity index (χ4v) is 1.83. The van der Waals surface area contributed by atoms with Crippen molar-refractivity contribution in [1.29, 1.82) is 0 Å². The maximum Gasteiger partial charge on any atom is 0.261 e. The van der Waals surface area contributed by atoms with Gasteiger partial charge in [-0.2, -0.15) is 0 Å². The fourth-order valence-electron chi connectivity index (χ4n) is 1.83. The van der Waals surface area contributed by atoms with Crippen LogP contribution in [0.2, 0.25) is 0 Å². The molecule has 3 rings (SSSR count). The molecule has 18 heavy (non-hydrogen) atoms. The van der Waals surface area contributed by atoms with Crippen molar-refractivity contribution in [2.45, 2.75) is 0 Å². The molecule has 5 heteroatoms. The zero-order valence-electron chi connectivity index (χ0n) is 9.87. The number of nitrogens with zero attached hydrogens (tertiary/aromatic N) is 3. The molecule has 0 atom stereocenters. The Bertz CT molecular complexity index is 700. The first kappa shape index (κ1) is 10.6. The first-order chi connectivity index (χ1) is 8.74. The molecule has 2 heterocycles. The van der Waals surface area contributed by atoms with E-state index in [-0.39, 0.29) is 0 Å². The third kappa shape index (κ3) is 1.75. The summed E-state index contributed by atoms with van der Waals surface area (Å²) in [6.45, 7) is 0. The lowest BCUT2D eigenvalue weighted by molar-refractivity contribution is 0.461. The minimum atomic E-state index is 0.411. The zero-order chi connectivity index (χ0) is 12.5. The average Bonchev–Trinajstić information content (AvgIpc) is 2.68. The molecule has 5 nitrogen and oxygen atoms in total. The number of hydrogen-bond acceptors (Lipinski definition) is 4. The standard InChI is InChI=1S/C13H12N4O/c1-17-8-10(14)13(16-17)18-12-6-2-5-11-9(12)4-3-7-15-11/h2-8H,14H2,1H3. The summed E-state index contributed by atoms with van der Waals surface area (Å²) in [6, 6.07) is 9.53. The molecule has 0 amide bonds. The van der Waals surface area contributed by atoms with E-state index >= 15 is 0 Å². The third-order valence-corrected chi connectivity index (χ3v) is 2.63. The summed E-state index contributed by atoms with van der Waals surface area (Å²) in [6.07, 6.45) is 3.46. The minimum absolute atomic E-state index is 0.411. The summed E-state index contributed by atoms with van der Waals surface area (Å²) in [7, 11) is 1.80. The Morgan fingerprint density at radius 1 is 1.22 bits per heavy atom. The van der Waals surface area contributed by atoms with Gasteiger partial charge in [0.25, 0.3) is 5.88 Å². The highest BCUT2D eigenvalue weighted by molar-refractivity contribution is 5.85. The molecule has 0 fully saturated rings. The SMILES string of the molecule is Cn1cc(N)c(Oc2cccc3ncccc23)n1. The number of nitrogen functional groups attached to an aromatic ring is 1. The molecule has 0 saturated heterocycles. The van der Waals surface area contributed by atoms with Crippen LogP contribution in [0.25, 0.3) is 10.9 Å². The van der Waals surface area contributed by atoms with Crippen LogP contribution in [0, 0.1) is 0 Å². The van der Waals surface area contributed by atoms with Gasteiger partial charge in [0.15, 0.2) is 0 Å². The van der Waals surface area contributed by atoms with Crippen LogP contribution in [0.3, 0.4) is 0 Å². The van der Waals surface area contributed by atoms with Crippen molar-refractivity contribution >= 4 is 16.6 Å². The quantitative estimate of drug-likeness (QED) is 0.746. The number of aryl methyl sites for hydroxylation is 1. The van der Waals surface area contributed by atoms with Gasteiger partial charge in [-0.15, -0.1) is 5.10 Å². The van der Waals surface area contributed by atoms with Crippen LogP contribution >= 0.6 is 0 Å². The van der Waals surface area contributed by atoms with Crippen LogP contribution in [0.5, 0.6) is 11.6 Å². The molecule has 0 aliphatic rings. The third-order valence-electron chi connectivity index (χ3n) is 2.63. The molecular weight excluding hydrogens is 228 g/mol. The largest absolute Gasteiger partial charge is 0.435 e. The van der Waals surface area contributed by atoms with Crippen LogP contribution in [-0.4, -0.2) is 14.8 Å².